The number of alkyl halides is 4. The average Bonchev–Trinajstić information content (AvgIpc) is 2.70. The molecule has 0 radical (unpaired) electrons. The predicted molar refractivity (Wildman–Crippen MR) is 110 cm³/mol. The SMILES string of the molecule is CCCC1CCC2CC(C3CC(F)C(C4CCC(F)C(F)C4)C(F)C3)CCC2C1. The van der Waals surface area contributed by atoms with E-state index in [1.165, 1.54) is 38.5 Å². The highest BCUT2D eigenvalue weighted by Crippen LogP contribution is 2.52. The molecule has 4 aliphatic rings. The maximum atomic E-state index is 15.1. The summed E-state index contributed by atoms with van der Waals surface area (Å²) in [5.74, 6) is 2.08. The highest BCUT2D eigenvalue weighted by Gasteiger charge is 2.48. The Morgan fingerprint density at radius 3 is 1.72 bits per heavy atom. The third-order valence-electron chi connectivity index (χ3n) is 9.29. The second kappa shape index (κ2) is 9.47. The van der Waals surface area contributed by atoms with E-state index in [9.17, 15) is 8.78 Å². The van der Waals surface area contributed by atoms with E-state index < -0.39 is 30.6 Å². The molecule has 4 heteroatoms. The molecule has 0 aromatic carbocycles. The quantitative estimate of drug-likeness (QED) is 0.410. The third-order valence-corrected chi connectivity index (χ3v) is 9.29. The van der Waals surface area contributed by atoms with Crippen molar-refractivity contribution in [1.29, 1.82) is 0 Å². The van der Waals surface area contributed by atoms with E-state index in [2.05, 4.69) is 6.92 Å². The fourth-order valence-corrected chi connectivity index (χ4v) is 7.77. The summed E-state index contributed by atoms with van der Waals surface area (Å²) in [6.45, 7) is 2.27. The Labute approximate surface area is 174 Å². The van der Waals surface area contributed by atoms with Crippen molar-refractivity contribution < 1.29 is 17.6 Å². The summed E-state index contributed by atoms with van der Waals surface area (Å²) in [4.78, 5) is 0. The zero-order valence-corrected chi connectivity index (χ0v) is 18.1. The van der Waals surface area contributed by atoms with Crippen LogP contribution in [-0.2, 0) is 0 Å². The van der Waals surface area contributed by atoms with Crippen LogP contribution in [-0.4, -0.2) is 24.7 Å². The lowest BCUT2D eigenvalue weighted by Gasteiger charge is -2.47. The zero-order valence-electron chi connectivity index (χ0n) is 18.1. The van der Waals surface area contributed by atoms with E-state index >= 15 is 8.78 Å². The minimum absolute atomic E-state index is 0.00342. The lowest BCUT2D eigenvalue weighted by atomic mass is 9.59. The van der Waals surface area contributed by atoms with Gasteiger partial charge in [-0.05, 0) is 99.7 Å². The zero-order chi connectivity index (χ0) is 20.5. The van der Waals surface area contributed by atoms with Crippen LogP contribution >= 0.6 is 0 Å². The van der Waals surface area contributed by atoms with Gasteiger partial charge in [0.1, 0.15) is 24.7 Å². The van der Waals surface area contributed by atoms with Crippen molar-refractivity contribution in [2.75, 3.05) is 0 Å². The van der Waals surface area contributed by atoms with Crippen LogP contribution in [0.3, 0.4) is 0 Å². The molecule has 4 rings (SSSR count). The average molecular weight is 417 g/mol. The van der Waals surface area contributed by atoms with Crippen molar-refractivity contribution in [2.45, 2.75) is 115 Å². The van der Waals surface area contributed by atoms with Gasteiger partial charge in [-0.3, -0.25) is 0 Å². The molecule has 0 aliphatic heterocycles. The van der Waals surface area contributed by atoms with Crippen LogP contribution in [0.5, 0.6) is 0 Å². The van der Waals surface area contributed by atoms with Gasteiger partial charge in [0.25, 0.3) is 0 Å². The van der Waals surface area contributed by atoms with Gasteiger partial charge in [-0.2, -0.15) is 0 Å². The Hall–Kier alpha value is -0.280. The minimum Gasteiger partial charge on any atom is -0.247 e. The van der Waals surface area contributed by atoms with Crippen LogP contribution in [0.4, 0.5) is 17.6 Å². The second-order valence-corrected chi connectivity index (χ2v) is 11.0. The van der Waals surface area contributed by atoms with Gasteiger partial charge in [-0.25, -0.2) is 17.6 Å². The van der Waals surface area contributed by atoms with E-state index in [4.69, 9.17) is 0 Å². The molecule has 0 saturated heterocycles. The van der Waals surface area contributed by atoms with E-state index in [1.54, 1.807) is 0 Å². The summed E-state index contributed by atoms with van der Waals surface area (Å²) in [7, 11) is 0. The summed E-state index contributed by atoms with van der Waals surface area (Å²) < 4.78 is 57.5. The molecular formula is C25H40F4. The lowest BCUT2D eigenvalue weighted by molar-refractivity contribution is -0.0445. The number of fused-ring (bicyclic) bond motifs is 1. The van der Waals surface area contributed by atoms with Crippen LogP contribution in [0.15, 0.2) is 0 Å². The topological polar surface area (TPSA) is 0 Å². The van der Waals surface area contributed by atoms with Crippen molar-refractivity contribution in [3.63, 3.8) is 0 Å². The van der Waals surface area contributed by atoms with Gasteiger partial charge in [-0.1, -0.05) is 26.2 Å². The van der Waals surface area contributed by atoms with Gasteiger partial charge in [0.15, 0.2) is 0 Å². The van der Waals surface area contributed by atoms with E-state index in [-0.39, 0.29) is 24.7 Å². The maximum absolute atomic E-state index is 15.1. The lowest BCUT2D eigenvalue weighted by Crippen LogP contribution is -2.45. The molecule has 4 fully saturated rings. The van der Waals surface area contributed by atoms with Crippen molar-refractivity contribution in [2.24, 2.45) is 41.4 Å². The molecular weight excluding hydrogens is 376 g/mol. The molecule has 0 N–H and O–H groups in total. The Morgan fingerprint density at radius 2 is 1.07 bits per heavy atom. The Kier molecular flexibility index (Phi) is 7.16. The molecule has 9 unspecified atom stereocenters. The molecule has 168 valence electrons. The van der Waals surface area contributed by atoms with Crippen LogP contribution in [0.2, 0.25) is 0 Å². The van der Waals surface area contributed by atoms with Gasteiger partial charge in [-0.15, -0.1) is 0 Å². The van der Waals surface area contributed by atoms with Gasteiger partial charge in [0, 0.05) is 5.92 Å². The van der Waals surface area contributed by atoms with Gasteiger partial charge >= 0.3 is 0 Å². The summed E-state index contributed by atoms with van der Waals surface area (Å²) in [5, 5.41) is 0. The highest BCUT2D eigenvalue weighted by molar-refractivity contribution is 4.97. The van der Waals surface area contributed by atoms with Gasteiger partial charge in [0.2, 0.25) is 0 Å². The Bertz CT molecular complexity index is 513. The molecule has 0 nitrogen and oxygen atoms in total. The van der Waals surface area contributed by atoms with Crippen LogP contribution < -0.4 is 0 Å². The number of rotatable bonds is 4. The molecule has 9 atom stereocenters. The molecule has 4 aliphatic carbocycles. The third kappa shape index (κ3) is 4.81. The van der Waals surface area contributed by atoms with E-state index in [0.29, 0.717) is 25.2 Å². The summed E-state index contributed by atoms with van der Waals surface area (Å²) in [6.07, 6.45) is 6.29. The highest BCUT2D eigenvalue weighted by atomic mass is 19.2. The fraction of sp³-hybridized carbons (Fsp3) is 1.00. The standard InChI is InChI=1S/C25H40F4/c1-2-3-15-4-5-17-11-18(7-6-16(17)10-15)20-13-23(28)25(24(29)14-20)19-8-9-21(26)22(27)12-19/h15-25H,2-14H2,1H3. The van der Waals surface area contributed by atoms with Crippen LogP contribution in [0, 0.1) is 41.4 Å². The number of halogens is 4. The van der Waals surface area contributed by atoms with E-state index in [1.807, 2.05) is 0 Å². The van der Waals surface area contributed by atoms with Crippen molar-refractivity contribution >= 4 is 0 Å². The Morgan fingerprint density at radius 1 is 0.517 bits per heavy atom. The molecule has 29 heavy (non-hydrogen) atoms. The first-order valence-corrected chi connectivity index (χ1v) is 12.5. The molecule has 0 bridgehead atoms. The fourth-order valence-electron chi connectivity index (χ4n) is 7.77. The molecule has 0 heterocycles. The van der Waals surface area contributed by atoms with Crippen molar-refractivity contribution in [3.8, 4) is 0 Å². The minimum atomic E-state index is -1.54. The largest absolute Gasteiger partial charge is 0.247 e. The first-order valence-electron chi connectivity index (χ1n) is 12.5. The molecule has 0 aromatic rings. The number of hydrogen-bond acceptors (Lipinski definition) is 0. The molecule has 4 saturated carbocycles. The van der Waals surface area contributed by atoms with Gasteiger partial charge < -0.3 is 0 Å². The summed E-state index contributed by atoms with van der Waals surface area (Å²) in [6, 6.07) is 0. The molecule has 0 spiro atoms. The second-order valence-electron chi connectivity index (χ2n) is 11.0. The normalized spacial score (nSPS) is 51.4. The Balaban J connectivity index is 1.32. The summed E-state index contributed by atoms with van der Waals surface area (Å²) >= 11 is 0. The van der Waals surface area contributed by atoms with Crippen molar-refractivity contribution in [1.82, 2.24) is 0 Å². The predicted octanol–water partition coefficient (Wildman–Crippen LogP) is 7.80. The summed E-state index contributed by atoms with van der Waals surface area (Å²) in [5.41, 5.74) is 0. The van der Waals surface area contributed by atoms with Crippen LogP contribution in [0.25, 0.3) is 0 Å². The van der Waals surface area contributed by atoms with Gasteiger partial charge in [0.05, 0.1) is 0 Å². The van der Waals surface area contributed by atoms with Crippen LogP contribution in [0.1, 0.15) is 90.4 Å². The van der Waals surface area contributed by atoms with Crippen molar-refractivity contribution in [3.05, 3.63) is 0 Å². The monoisotopic (exact) mass is 416 g/mol. The molecule has 0 amide bonds. The smallest absolute Gasteiger partial charge is 0.131 e. The molecule has 0 aromatic heterocycles. The first kappa shape index (κ1) is 21.9. The number of hydrogen-bond donors (Lipinski definition) is 0. The first-order chi connectivity index (χ1) is 14.0. The van der Waals surface area contributed by atoms with E-state index in [0.717, 1.165) is 30.6 Å². The maximum Gasteiger partial charge on any atom is 0.131 e.